The van der Waals surface area contributed by atoms with Crippen LogP contribution in [0.5, 0.6) is 5.75 Å². The van der Waals surface area contributed by atoms with Gasteiger partial charge in [-0.1, -0.05) is 37.7 Å². The van der Waals surface area contributed by atoms with Crippen molar-refractivity contribution < 1.29 is 9.84 Å². The van der Waals surface area contributed by atoms with E-state index < -0.39 is 14.2 Å². The lowest BCUT2D eigenvalue weighted by Gasteiger charge is -2.08. The monoisotopic (exact) mass is 262 g/mol. The van der Waals surface area contributed by atoms with E-state index in [1.54, 1.807) is 7.11 Å². The van der Waals surface area contributed by atoms with Gasteiger partial charge in [0.15, 0.2) is 0 Å². The van der Waals surface area contributed by atoms with E-state index in [9.17, 15) is 5.11 Å². The van der Waals surface area contributed by atoms with E-state index in [0.717, 1.165) is 12.2 Å². The second-order valence-corrected chi connectivity index (χ2v) is 10.2. The number of aliphatic hydroxyl groups is 1. The number of benzene rings is 1. The van der Waals surface area contributed by atoms with E-state index in [0.29, 0.717) is 6.42 Å². The molecular formula is C15H22O2Si. The van der Waals surface area contributed by atoms with Crippen LogP contribution in [-0.4, -0.2) is 26.4 Å². The van der Waals surface area contributed by atoms with Crippen LogP contribution in [0.4, 0.5) is 0 Å². The van der Waals surface area contributed by atoms with Crippen LogP contribution in [0, 0.1) is 11.5 Å². The summed E-state index contributed by atoms with van der Waals surface area (Å²) in [5.74, 6) is 3.81. The van der Waals surface area contributed by atoms with Gasteiger partial charge in [-0.2, -0.15) is 0 Å². The Kier molecular flexibility index (Phi) is 5.45. The molecule has 0 aromatic heterocycles. The van der Waals surface area contributed by atoms with E-state index in [-0.39, 0.29) is 0 Å². The van der Waals surface area contributed by atoms with E-state index in [1.165, 1.54) is 5.56 Å². The molecule has 0 aliphatic rings. The Labute approximate surface area is 111 Å². The summed E-state index contributed by atoms with van der Waals surface area (Å²) in [6.07, 6.45) is 0.964. The highest BCUT2D eigenvalue weighted by Crippen LogP contribution is 2.14. The lowest BCUT2D eigenvalue weighted by Crippen LogP contribution is -2.18. The van der Waals surface area contributed by atoms with Crippen molar-refractivity contribution in [3.05, 3.63) is 29.8 Å². The van der Waals surface area contributed by atoms with Crippen molar-refractivity contribution in [2.75, 3.05) is 7.11 Å². The molecule has 0 heterocycles. The first-order valence-electron chi connectivity index (χ1n) is 6.24. The first kappa shape index (κ1) is 14.8. The summed E-state index contributed by atoms with van der Waals surface area (Å²) in [7, 11) is 0.276. The predicted octanol–water partition coefficient (Wildman–Crippen LogP) is 2.87. The summed E-state index contributed by atoms with van der Waals surface area (Å²) in [5, 5.41) is 9.82. The predicted molar refractivity (Wildman–Crippen MR) is 78.4 cm³/mol. The number of aryl methyl sites for hydroxylation is 1. The van der Waals surface area contributed by atoms with Gasteiger partial charge in [0.2, 0.25) is 0 Å². The topological polar surface area (TPSA) is 29.5 Å². The fraction of sp³-hybridized carbons (Fsp3) is 0.467. The largest absolute Gasteiger partial charge is 0.497 e. The van der Waals surface area contributed by atoms with Gasteiger partial charge in [0.25, 0.3) is 0 Å². The Bertz CT molecular complexity index is 438. The summed E-state index contributed by atoms with van der Waals surface area (Å²) in [4.78, 5) is 0. The van der Waals surface area contributed by atoms with E-state index in [4.69, 9.17) is 4.74 Å². The fourth-order valence-corrected chi connectivity index (χ4v) is 2.10. The zero-order chi connectivity index (χ0) is 13.6. The summed E-state index contributed by atoms with van der Waals surface area (Å²) >= 11 is 0. The van der Waals surface area contributed by atoms with Gasteiger partial charge in [-0.15, -0.1) is 5.54 Å². The van der Waals surface area contributed by atoms with Gasteiger partial charge >= 0.3 is 0 Å². The molecule has 1 N–H and O–H groups in total. The minimum atomic E-state index is -1.38. The number of rotatable bonds is 4. The van der Waals surface area contributed by atoms with E-state index in [2.05, 4.69) is 31.1 Å². The highest BCUT2D eigenvalue weighted by Gasteiger charge is 2.09. The maximum absolute atomic E-state index is 9.82. The number of ether oxygens (including phenoxy) is 1. The molecule has 0 saturated heterocycles. The Balaban J connectivity index is 2.51. The quantitative estimate of drug-likeness (QED) is 0.668. The van der Waals surface area contributed by atoms with Crippen molar-refractivity contribution >= 4 is 8.07 Å². The lowest BCUT2D eigenvalue weighted by molar-refractivity contribution is 0.222. The molecule has 98 valence electrons. The van der Waals surface area contributed by atoms with Crippen molar-refractivity contribution in [2.24, 2.45) is 0 Å². The van der Waals surface area contributed by atoms with Crippen LogP contribution >= 0.6 is 0 Å². The highest BCUT2D eigenvalue weighted by atomic mass is 28.3. The molecule has 18 heavy (non-hydrogen) atoms. The number of methoxy groups -OCH3 is 1. The molecule has 0 spiro atoms. The molecule has 1 rings (SSSR count). The Morgan fingerprint density at radius 3 is 2.67 bits per heavy atom. The standard InChI is InChI=1S/C15H22O2Si/c1-17-15-7-5-6-13(12-15)8-9-14(16)10-11-18(2,3)4/h5-7,12,14,16H,8-9H2,1-4H3/t14-/m1/s1. The molecule has 0 aliphatic carbocycles. The smallest absolute Gasteiger partial charge is 0.129 e. The molecule has 1 aromatic rings. The third kappa shape index (κ3) is 5.90. The molecule has 3 heteroatoms. The van der Waals surface area contributed by atoms with Crippen LogP contribution in [-0.2, 0) is 6.42 Å². The molecule has 0 aliphatic heterocycles. The van der Waals surface area contributed by atoms with Crippen molar-refractivity contribution in [1.29, 1.82) is 0 Å². The summed E-state index contributed by atoms with van der Waals surface area (Å²) in [6.45, 7) is 6.53. The first-order valence-corrected chi connectivity index (χ1v) is 9.74. The molecule has 0 amide bonds. The van der Waals surface area contributed by atoms with Gasteiger partial charge < -0.3 is 9.84 Å². The van der Waals surface area contributed by atoms with Crippen molar-refractivity contribution in [3.8, 4) is 17.2 Å². The van der Waals surface area contributed by atoms with E-state index >= 15 is 0 Å². The average molecular weight is 262 g/mol. The van der Waals surface area contributed by atoms with Gasteiger partial charge in [-0.3, -0.25) is 0 Å². The maximum atomic E-state index is 9.82. The number of hydrogen-bond acceptors (Lipinski definition) is 2. The maximum Gasteiger partial charge on any atom is 0.129 e. The third-order valence-electron chi connectivity index (χ3n) is 2.45. The van der Waals surface area contributed by atoms with Crippen LogP contribution in [0.1, 0.15) is 12.0 Å². The van der Waals surface area contributed by atoms with Crippen LogP contribution in [0.3, 0.4) is 0 Å². The molecule has 1 aromatic carbocycles. The van der Waals surface area contributed by atoms with Crippen LogP contribution < -0.4 is 4.74 Å². The molecule has 0 bridgehead atoms. The van der Waals surface area contributed by atoms with Gasteiger partial charge in [0.05, 0.1) is 7.11 Å². The summed E-state index contributed by atoms with van der Waals surface area (Å²) < 4.78 is 5.17. The molecule has 0 saturated carbocycles. The third-order valence-corrected chi connectivity index (χ3v) is 3.35. The van der Waals surface area contributed by atoms with Crippen LogP contribution in [0.2, 0.25) is 19.6 Å². The van der Waals surface area contributed by atoms with Crippen molar-refractivity contribution in [3.63, 3.8) is 0 Å². The van der Waals surface area contributed by atoms with Crippen molar-refractivity contribution in [1.82, 2.24) is 0 Å². The van der Waals surface area contributed by atoms with Gasteiger partial charge in [-0.25, -0.2) is 0 Å². The van der Waals surface area contributed by atoms with Crippen molar-refractivity contribution in [2.45, 2.75) is 38.6 Å². The normalized spacial score (nSPS) is 12.5. The molecule has 0 radical (unpaired) electrons. The first-order chi connectivity index (χ1) is 8.40. The van der Waals surface area contributed by atoms with Gasteiger partial charge in [0, 0.05) is 0 Å². The second kappa shape index (κ2) is 6.63. The molecular weight excluding hydrogens is 240 g/mol. The van der Waals surface area contributed by atoms with Gasteiger partial charge in [0.1, 0.15) is 19.9 Å². The van der Waals surface area contributed by atoms with Crippen LogP contribution in [0.15, 0.2) is 24.3 Å². The number of hydrogen-bond donors (Lipinski definition) is 1. The van der Waals surface area contributed by atoms with Gasteiger partial charge in [-0.05, 0) is 30.5 Å². The second-order valence-electron chi connectivity index (χ2n) is 5.43. The zero-order valence-electron chi connectivity index (χ0n) is 11.7. The molecule has 0 unspecified atom stereocenters. The molecule has 2 nitrogen and oxygen atoms in total. The minimum absolute atomic E-state index is 0.525. The molecule has 1 atom stereocenters. The fourth-order valence-electron chi connectivity index (χ4n) is 1.50. The number of aliphatic hydroxyl groups excluding tert-OH is 1. The van der Waals surface area contributed by atoms with Crippen LogP contribution in [0.25, 0.3) is 0 Å². The average Bonchev–Trinajstić information content (AvgIpc) is 2.33. The van der Waals surface area contributed by atoms with E-state index in [1.807, 2.05) is 24.3 Å². The molecule has 0 fully saturated rings. The summed E-state index contributed by atoms with van der Waals surface area (Å²) in [6, 6.07) is 7.93. The Hall–Kier alpha value is -1.24. The lowest BCUT2D eigenvalue weighted by atomic mass is 10.1. The summed E-state index contributed by atoms with van der Waals surface area (Å²) in [5.41, 5.74) is 4.36. The minimum Gasteiger partial charge on any atom is -0.497 e. The Morgan fingerprint density at radius 2 is 2.06 bits per heavy atom. The Morgan fingerprint density at radius 1 is 1.33 bits per heavy atom. The SMILES string of the molecule is COc1cccc(CC[C@@H](O)C#C[Si](C)(C)C)c1. The highest BCUT2D eigenvalue weighted by molar-refractivity contribution is 6.83. The zero-order valence-corrected chi connectivity index (χ0v) is 12.7.